The van der Waals surface area contributed by atoms with E-state index in [1.54, 1.807) is 11.3 Å². The van der Waals surface area contributed by atoms with E-state index in [0.717, 1.165) is 9.55 Å². The first-order valence-corrected chi connectivity index (χ1v) is 6.29. The van der Waals surface area contributed by atoms with Gasteiger partial charge in [0.2, 0.25) is 0 Å². The second-order valence-electron chi connectivity index (χ2n) is 3.35. The van der Waals surface area contributed by atoms with Gasteiger partial charge >= 0.3 is 0 Å². The van der Waals surface area contributed by atoms with Crippen LogP contribution in [0.3, 0.4) is 0 Å². The number of hydrogen-bond acceptors (Lipinski definition) is 3. The molecule has 1 unspecified atom stereocenters. The van der Waals surface area contributed by atoms with Crippen LogP contribution >= 0.6 is 27.3 Å². The molecule has 15 heavy (non-hydrogen) atoms. The van der Waals surface area contributed by atoms with Gasteiger partial charge in [0.1, 0.15) is 5.76 Å². The normalized spacial score (nSPS) is 13.0. The first-order valence-electron chi connectivity index (χ1n) is 4.68. The Bertz CT molecular complexity index is 409. The summed E-state index contributed by atoms with van der Waals surface area (Å²) in [6.45, 7) is 1.96. The van der Waals surface area contributed by atoms with E-state index >= 15 is 0 Å². The Morgan fingerprint density at radius 1 is 1.47 bits per heavy atom. The first kappa shape index (κ1) is 10.9. The van der Waals surface area contributed by atoms with E-state index in [0.29, 0.717) is 0 Å². The molecule has 0 spiro atoms. The molecule has 0 amide bonds. The zero-order chi connectivity index (χ0) is 10.8. The summed E-state index contributed by atoms with van der Waals surface area (Å²) in [6.07, 6.45) is 1.81. The van der Waals surface area contributed by atoms with E-state index in [9.17, 15) is 0 Å². The highest BCUT2D eigenvalue weighted by Gasteiger charge is 2.15. The summed E-state index contributed by atoms with van der Waals surface area (Å²) in [6, 6.07) is 6.48. The van der Waals surface area contributed by atoms with Crippen molar-refractivity contribution in [2.24, 2.45) is 0 Å². The van der Waals surface area contributed by atoms with Gasteiger partial charge in [-0.3, -0.25) is 0 Å². The second kappa shape index (κ2) is 4.51. The maximum atomic E-state index is 5.33. The van der Waals surface area contributed by atoms with Crippen LogP contribution in [0.2, 0.25) is 0 Å². The number of nitrogens with one attached hydrogen (secondary N) is 1. The van der Waals surface area contributed by atoms with E-state index in [-0.39, 0.29) is 6.04 Å². The highest BCUT2D eigenvalue weighted by molar-refractivity contribution is 9.11. The minimum atomic E-state index is 0.221. The molecule has 80 valence electrons. The predicted octanol–water partition coefficient (Wildman–Crippen LogP) is 3.72. The van der Waals surface area contributed by atoms with Crippen LogP contribution in [-0.4, -0.2) is 7.05 Å². The third-order valence-electron chi connectivity index (χ3n) is 2.25. The summed E-state index contributed by atoms with van der Waals surface area (Å²) >= 11 is 5.21. The lowest BCUT2D eigenvalue weighted by Gasteiger charge is -2.11. The van der Waals surface area contributed by atoms with Crippen molar-refractivity contribution >= 4 is 27.3 Å². The van der Waals surface area contributed by atoms with Crippen molar-refractivity contribution in [3.8, 4) is 0 Å². The molecule has 0 aliphatic carbocycles. The summed E-state index contributed by atoms with van der Waals surface area (Å²) in [5, 5.41) is 3.29. The predicted molar refractivity (Wildman–Crippen MR) is 66.4 cm³/mol. The molecule has 4 heteroatoms. The van der Waals surface area contributed by atoms with Crippen molar-refractivity contribution in [1.82, 2.24) is 5.32 Å². The molecule has 0 aliphatic heterocycles. The molecule has 0 radical (unpaired) electrons. The van der Waals surface area contributed by atoms with E-state index < -0.39 is 0 Å². The average Bonchev–Trinajstić information content (AvgIpc) is 2.78. The Balaban J connectivity index is 2.32. The number of hydrogen-bond donors (Lipinski definition) is 1. The average molecular weight is 286 g/mol. The van der Waals surface area contributed by atoms with Gasteiger partial charge in [0.25, 0.3) is 0 Å². The molecule has 0 aromatic carbocycles. The van der Waals surface area contributed by atoms with Crippen LogP contribution in [0.25, 0.3) is 0 Å². The molecule has 2 aromatic rings. The molecule has 0 bridgehead atoms. The van der Waals surface area contributed by atoms with Gasteiger partial charge in [-0.05, 0) is 48.1 Å². The van der Waals surface area contributed by atoms with Crippen molar-refractivity contribution in [2.45, 2.75) is 13.0 Å². The summed E-state index contributed by atoms with van der Waals surface area (Å²) in [5.41, 5.74) is 1.17. The maximum absolute atomic E-state index is 5.33. The fraction of sp³-hybridized carbons (Fsp3) is 0.273. The Morgan fingerprint density at radius 3 is 2.73 bits per heavy atom. The van der Waals surface area contributed by atoms with Gasteiger partial charge in [-0.25, -0.2) is 0 Å². The molecular formula is C11H12BrNOS. The Morgan fingerprint density at radius 2 is 2.27 bits per heavy atom. The molecule has 2 heterocycles. The van der Waals surface area contributed by atoms with Crippen LogP contribution < -0.4 is 5.32 Å². The summed E-state index contributed by atoms with van der Waals surface area (Å²) in [4.78, 5) is 1.28. The molecular weight excluding hydrogens is 274 g/mol. The van der Waals surface area contributed by atoms with Crippen molar-refractivity contribution < 1.29 is 4.42 Å². The van der Waals surface area contributed by atoms with Crippen molar-refractivity contribution in [3.63, 3.8) is 0 Å². The van der Waals surface area contributed by atoms with E-state index in [1.807, 2.05) is 20.2 Å². The monoisotopic (exact) mass is 285 g/mol. The van der Waals surface area contributed by atoms with Crippen LogP contribution in [0.5, 0.6) is 0 Å². The third kappa shape index (κ3) is 2.33. The fourth-order valence-corrected chi connectivity index (χ4v) is 3.13. The molecule has 0 saturated heterocycles. The summed E-state index contributed by atoms with van der Waals surface area (Å²) < 4.78 is 6.48. The molecule has 1 N–H and O–H groups in total. The van der Waals surface area contributed by atoms with Crippen LogP contribution in [-0.2, 0) is 0 Å². The highest BCUT2D eigenvalue weighted by Crippen LogP contribution is 2.31. The standard InChI is InChI=1S/C11H12BrNOS/c1-7-5-8(6-14-7)11(13-2)9-3-4-10(12)15-9/h3-6,11,13H,1-2H3. The molecule has 0 saturated carbocycles. The molecule has 1 atom stereocenters. The Kier molecular flexibility index (Phi) is 3.29. The van der Waals surface area contributed by atoms with Crippen LogP contribution in [0.4, 0.5) is 0 Å². The van der Waals surface area contributed by atoms with Crippen molar-refractivity contribution in [3.05, 3.63) is 44.4 Å². The largest absolute Gasteiger partial charge is 0.469 e. The lowest BCUT2D eigenvalue weighted by atomic mass is 10.1. The minimum absolute atomic E-state index is 0.221. The summed E-state index contributed by atoms with van der Waals surface area (Å²) in [7, 11) is 1.96. The fourth-order valence-electron chi connectivity index (χ4n) is 1.57. The summed E-state index contributed by atoms with van der Waals surface area (Å²) in [5.74, 6) is 0.945. The number of thiophene rings is 1. The number of halogens is 1. The zero-order valence-corrected chi connectivity index (χ0v) is 11.0. The Hall–Kier alpha value is -0.580. The Labute approximate surface area is 101 Å². The second-order valence-corrected chi connectivity index (χ2v) is 5.85. The van der Waals surface area contributed by atoms with Gasteiger partial charge in [-0.1, -0.05) is 0 Å². The SMILES string of the molecule is CNC(c1coc(C)c1)c1ccc(Br)s1. The molecule has 0 aliphatic rings. The highest BCUT2D eigenvalue weighted by atomic mass is 79.9. The zero-order valence-electron chi connectivity index (χ0n) is 8.58. The number of rotatable bonds is 3. The van der Waals surface area contributed by atoms with Gasteiger partial charge in [0.15, 0.2) is 0 Å². The third-order valence-corrected chi connectivity index (χ3v) is 3.94. The lowest BCUT2D eigenvalue weighted by Crippen LogP contribution is -2.15. The number of furan rings is 1. The van der Waals surface area contributed by atoms with Gasteiger partial charge < -0.3 is 9.73 Å². The molecule has 2 nitrogen and oxygen atoms in total. The smallest absolute Gasteiger partial charge is 0.101 e. The van der Waals surface area contributed by atoms with E-state index in [2.05, 4.69) is 39.4 Å². The van der Waals surface area contributed by atoms with Gasteiger partial charge in [0, 0.05) is 10.4 Å². The molecule has 0 fully saturated rings. The van der Waals surface area contributed by atoms with Crippen LogP contribution in [0, 0.1) is 6.92 Å². The van der Waals surface area contributed by atoms with E-state index in [1.165, 1.54) is 10.4 Å². The van der Waals surface area contributed by atoms with Crippen molar-refractivity contribution in [2.75, 3.05) is 7.05 Å². The molecule has 2 aromatic heterocycles. The van der Waals surface area contributed by atoms with Crippen LogP contribution in [0.15, 0.2) is 32.7 Å². The molecule has 2 rings (SSSR count). The topological polar surface area (TPSA) is 25.2 Å². The number of aryl methyl sites for hydroxylation is 1. The van der Waals surface area contributed by atoms with Gasteiger partial charge in [-0.15, -0.1) is 11.3 Å². The lowest BCUT2D eigenvalue weighted by molar-refractivity contribution is 0.528. The van der Waals surface area contributed by atoms with Crippen LogP contribution in [0.1, 0.15) is 22.2 Å². The quantitative estimate of drug-likeness (QED) is 0.930. The minimum Gasteiger partial charge on any atom is -0.469 e. The van der Waals surface area contributed by atoms with E-state index in [4.69, 9.17) is 4.42 Å². The maximum Gasteiger partial charge on any atom is 0.101 e. The first-order chi connectivity index (χ1) is 7.20. The van der Waals surface area contributed by atoms with Crippen molar-refractivity contribution in [1.29, 1.82) is 0 Å². The van der Waals surface area contributed by atoms with Gasteiger partial charge in [0.05, 0.1) is 16.1 Å². The van der Waals surface area contributed by atoms with Gasteiger partial charge in [-0.2, -0.15) is 0 Å².